The maximum absolute atomic E-state index is 12.0. The quantitative estimate of drug-likeness (QED) is 0.493. The molecule has 6 heteroatoms. The molecule has 6 nitrogen and oxygen atoms in total. The predicted molar refractivity (Wildman–Crippen MR) is 109 cm³/mol. The van der Waals surface area contributed by atoms with Gasteiger partial charge in [-0.3, -0.25) is 9.59 Å². The SMILES string of the molecule is CCOc1ccc(OCCNC(=O)COC(=O)Cc2ccc3c(c2)CCC3)cc1. The van der Waals surface area contributed by atoms with Crippen LogP contribution in [-0.4, -0.2) is 38.2 Å². The van der Waals surface area contributed by atoms with E-state index in [9.17, 15) is 9.59 Å². The fourth-order valence-corrected chi connectivity index (χ4v) is 3.31. The van der Waals surface area contributed by atoms with Gasteiger partial charge in [-0.1, -0.05) is 18.2 Å². The lowest BCUT2D eigenvalue weighted by molar-refractivity contribution is -0.147. The largest absolute Gasteiger partial charge is 0.494 e. The van der Waals surface area contributed by atoms with Gasteiger partial charge in [-0.25, -0.2) is 0 Å². The minimum atomic E-state index is -0.399. The van der Waals surface area contributed by atoms with Crippen LogP contribution in [0.2, 0.25) is 0 Å². The van der Waals surface area contributed by atoms with Crippen LogP contribution >= 0.6 is 0 Å². The zero-order valence-corrected chi connectivity index (χ0v) is 16.7. The standard InChI is InChI=1S/C23H27NO5/c1-2-27-20-8-10-21(11-9-20)28-13-12-24-22(25)16-29-23(26)15-17-6-7-18-4-3-5-19(18)14-17/h6-11,14H,2-5,12-13,15-16H2,1H3,(H,24,25). The Morgan fingerprint density at radius 3 is 2.45 bits per heavy atom. The van der Waals surface area contributed by atoms with E-state index in [0.29, 0.717) is 25.5 Å². The van der Waals surface area contributed by atoms with Gasteiger partial charge in [0, 0.05) is 0 Å². The molecule has 0 atom stereocenters. The van der Waals surface area contributed by atoms with Gasteiger partial charge in [0.2, 0.25) is 0 Å². The van der Waals surface area contributed by atoms with Crippen LogP contribution in [0.25, 0.3) is 0 Å². The number of esters is 1. The number of ether oxygens (including phenoxy) is 3. The van der Waals surface area contributed by atoms with Gasteiger partial charge in [0.25, 0.3) is 5.91 Å². The van der Waals surface area contributed by atoms with E-state index in [1.54, 1.807) is 0 Å². The van der Waals surface area contributed by atoms with Gasteiger partial charge < -0.3 is 19.5 Å². The normalized spacial score (nSPS) is 12.2. The first-order chi connectivity index (χ1) is 14.1. The van der Waals surface area contributed by atoms with E-state index in [4.69, 9.17) is 14.2 Å². The maximum atomic E-state index is 12.0. The minimum absolute atomic E-state index is 0.182. The molecule has 0 radical (unpaired) electrons. The molecule has 1 amide bonds. The maximum Gasteiger partial charge on any atom is 0.310 e. The first-order valence-corrected chi connectivity index (χ1v) is 10.0. The number of hydrogen-bond donors (Lipinski definition) is 1. The minimum Gasteiger partial charge on any atom is -0.494 e. The highest BCUT2D eigenvalue weighted by molar-refractivity contribution is 5.81. The molecule has 0 aromatic heterocycles. The molecule has 1 aliphatic rings. The van der Waals surface area contributed by atoms with E-state index in [1.165, 1.54) is 17.5 Å². The predicted octanol–water partition coefficient (Wildman–Crippen LogP) is 2.85. The highest BCUT2D eigenvalue weighted by atomic mass is 16.5. The zero-order chi connectivity index (χ0) is 20.5. The molecule has 0 aliphatic heterocycles. The number of amides is 1. The molecule has 3 rings (SSSR count). The molecule has 29 heavy (non-hydrogen) atoms. The van der Waals surface area contributed by atoms with Gasteiger partial charge in [0.15, 0.2) is 6.61 Å². The molecule has 2 aromatic rings. The second-order valence-electron chi connectivity index (χ2n) is 6.90. The molecule has 2 aromatic carbocycles. The molecule has 0 bridgehead atoms. The monoisotopic (exact) mass is 397 g/mol. The summed E-state index contributed by atoms with van der Waals surface area (Å²) in [6, 6.07) is 13.4. The number of nitrogens with one attached hydrogen (secondary N) is 1. The number of benzene rings is 2. The van der Waals surface area contributed by atoms with Gasteiger partial charge in [-0.2, -0.15) is 0 Å². The number of carbonyl (C=O) groups excluding carboxylic acids is 2. The Bertz CT molecular complexity index is 832. The third-order valence-electron chi connectivity index (χ3n) is 4.70. The number of hydrogen-bond acceptors (Lipinski definition) is 5. The second-order valence-corrected chi connectivity index (χ2v) is 6.90. The Kier molecular flexibility index (Phi) is 7.50. The van der Waals surface area contributed by atoms with Crippen LogP contribution < -0.4 is 14.8 Å². The number of carbonyl (C=O) groups is 2. The van der Waals surface area contributed by atoms with Crippen LogP contribution in [0.4, 0.5) is 0 Å². The fraction of sp³-hybridized carbons (Fsp3) is 0.391. The molecule has 0 saturated heterocycles. The van der Waals surface area contributed by atoms with E-state index in [-0.39, 0.29) is 18.9 Å². The Morgan fingerprint density at radius 2 is 1.69 bits per heavy atom. The Hall–Kier alpha value is -3.02. The molecule has 1 N–H and O–H groups in total. The summed E-state index contributed by atoms with van der Waals surface area (Å²) in [5, 5.41) is 2.67. The van der Waals surface area contributed by atoms with Crippen LogP contribution in [-0.2, 0) is 33.6 Å². The number of fused-ring (bicyclic) bond motifs is 1. The molecule has 0 fully saturated rings. The molecule has 0 spiro atoms. The summed E-state index contributed by atoms with van der Waals surface area (Å²) in [7, 11) is 0. The first-order valence-electron chi connectivity index (χ1n) is 10.0. The van der Waals surface area contributed by atoms with Crippen molar-refractivity contribution in [2.75, 3.05) is 26.4 Å². The summed E-state index contributed by atoms with van der Waals surface area (Å²) in [6.45, 7) is 2.91. The van der Waals surface area contributed by atoms with Crippen molar-refractivity contribution in [1.29, 1.82) is 0 Å². The van der Waals surface area contributed by atoms with Crippen molar-refractivity contribution in [1.82, 2.24) is 5.32 Å². The summed E-state index contributed by atoms with van der Waals surface area (Å²) < 4.78 is 16.0. The average Bonchev–Trinajstić information content (AvgIpc) is 3.19. The van der Waals surface area contributed by atoms with Gasteiger partial charge in [0.05, 0.1) is 19.6 Å². The van der Waals surface area contributed by atoms with E-state index >= 15 is 0 Å². The van der Waals surface area contributed by atoms with E-state index in [1.807, 2.05) is 37.3 Å². The Balaban J connectivity index is 1.30. The lowest BCUT2D eigenvalue weighted by atomic mass is 10.0. The van der Waals surface area contributed by atoms with Crippen molar-refractivity contribution in [3.8, 4) is 11.5 Å². The van der Waals surface area contributed by atoms with Crippen LogP contribution in [0, 0.1) is 0 Å². The molecule has 0 saturated carbocycles. The smallest absolute Gasteiger partial charge is 0.310 e. The molecule has 1 aliphatic carbocycles. The van der Waals surface area contributed by atoms with Crippen molar-refractivity contribution in [3.05, 3.63) is 59.2 Å². The van der Waals surface area contributed by atoms with Gasteiger partial charge in [-0.05, 0) is 67.1 Å². The van der Waals surface area contributed by atoms with Crippen molar-refractivity contribution < 1.29 is 23.8 Å². The molecular formula is C23H27NO5. The summed E-state index contributed by atoms with van der Waals surface area (Å²) in [5.74, 6) is 0.740. The van der Waals surface area contributed by atoms with Crippen LogP contribution in [0.15, 0.2) is 42.5 Å². The molecule has 0 unspecified atom stereocenters. The van der Waals surface area contributed by atoms with E-state index < -0.39 is 5.97 Å². The summed E-state index contributed by atoms with van der Waals surface area (Å²) in [4.78, 5) is 23.8. The highest BCUT2D eigenvalue weighted by Crippen LogP contribution is 2.23. The topological polar surface area (TPSA) is 73.9 Å². The lowest BCUT2D eigenvalue weighted by Gasteiger charge is -2.09. The highest BCUT2D eigenvalue weighted by Gasteiger charge is 2.13. The lowest BCUT2D eigenvalue weighted by Crippen LogP contribution is -2.32. The molecule has 154 valence electrons. The number of aryl methyl sites for hydroxylation is 2. The van der Waals surface area contributed by atoms with Crippen molar-refractivity contribution in [3.63, 3.8) is 0 Å². The third kappa shape index (κ3) is 6.52. The summed E-state index contributed by atoms with van der Waals surface area (Å²) in [5.41, 5.74) is 3.62. The number of rotatable bonds is 10. The first kappa shape index (κ1) is 20.7. The average molecular weight is 397 g/mol. The van der Waals surface area contributed by atoms with Gasteiger partial charge >= 0.3 is 5.97 Å². The summed E-state index contributed by atoms with van der Waals surface area (Å²) >= 11 is 0. The van der Waals surface area contributed by atoms with E-state index in [0.717, 1.165) is 24.2 Å². The van der Waals surface area contributed by atoms with Gasteiger partial charge in [-0.15, -0.1) is 0 Å². The van der Waals surface area contributed by atoms with Crippen LogP contribution in [0.1, 0.15) is 30.0 Å². The van der Waals surface area contributed by atoms with Crippen molar-refractivity contribution in [2.24, 2.45) is 0 Å². The van der Waals surface area contributed by atoms with Gasteiger partial charge in [0.1, 0.15) is 18.1 Å². The van der Waals surface area contributed by atoms with Crippen LogP contribution in [0.5, 0.6) is 11.5 Å². The Labute approximate surface area is 171 Å². The molecular weight excluding hydrogens is 370 g/mol. The van der Waals surface area contributed by atoms with Crippen LogP contribution in [0.3, 0.4) is 0 Å². The molecule has 0 heterocycles. The van der Waals surface area contributed by atoms with E-state index in [2.05, 4.69) is 17.4 Å². The fourth-order valence-electron chi connectivity index (χ4n) is 3.31. The Morgan fingerprint density at radius 1 is 0.966 bits per heavy atom. The summed E-state index contributed by atoms with van der Waals surface area (Å²) in [6.07, 6.45) is 3.54. The van der Waals surface area contributed by atoms with Crippen molar-refractivity contribution in [2.45, 2.75) is 32.6 Å². The third-order valence-corrected chi connectivity index (χ3v) is 4.70. The zero-order valence-electron chi connectivity index (χ0n) is 16.7. The van der Waals surface area contributed by atoms with Crippen molar-refractivity contribution >= 4 is 11.9 Å². The second kappa shape index (κ2) is 10.5.